The number of fused-ring (bicyclic) bond motifs is 3. The number of methoxy groups -OCH3 is 2. The number of carbonyl (C=O) groups is 2. The largest absolute Gasteiger partial charge is 0.466 e. The third-order valence-corrected chi connectivity index (χ3v) is 4.22. The average Bonchev–Trinajstić information content (AvgIpc) is 3.11. The van der Waals surface area contributed by atoms with Crippen molar-refractivity contribution in [3.05, 3.63) is 11.1 Å². The number of hydrogen-bond donors (Lipinski definition) is 0. The smallest absolute Gasteiger partial charge is 0.334 e. The molecule has 104 valence electrons. The van der Waals surface area contributed by atoms with E-state index in [0.29, 0.717) is 37.2 Å². The molecule has 2 bridgehead atoms. The Hall–Kier alpha value is -1.40. The van der Waals surface area contributed by atoms with E-state index in [1.54, 1.807) is 0 Å². The number of carbonyl (C=O) groups excluding carboxylic acids is 2. The third-order valence-electron chi connectivity index (χ3n) is 4.22. The van der Waals surface area contributed by atoms with Gasteiger partial charge in [0, 0.05) is 12.3 Å². The zero-order valence-corrected chi connectivity index (χ0v) is 10.9. The number of esters is 2. The van der Waals surface area contributed by atoms with Gasteiger partial charge in [0.15, 0.2) is 5.79 Å². The maximum atomic E-state index is 12.0. The Balaban J connectivity index is 2.03. The fraction of sp³-hybridized carbons (Fsp3) is 0.692. The molecule has 1 saturated heterocycles. The maximum Gasteiger partial charge on any atom is 0.334 e. The molecule has 2 aliphatic carbocycles. The van der Waals surface area contributed by atoms with Crippen LogP contribution in [0.25, 0.3) is 0 Å². The highest BCUT2D eigenvalue weighted by Gasteiger charge is 2.61. The normalized spacial score (nSPS) is 31.1. The molecule has 1 spiro atoms. The van der Waals surface area contributed by atoms with Crippen LogP contribution < -0.4 is 0 Å². The quantitative estimate of drug-likeness (QED) is 0.676. The van der Waals surface area contributed by atoms with Gasteiger partial charge in [-0.2, -0.15) is 0 Å². The van der Waals surface area contributed by atoms with E-state index in [0.717, 1.165) is 0 Å². The Morgan fingerprint density at radius 3 is 2.26 bits per heavy atom. The summed E-state index contributed by atoms with van der Waals surface area (Å²) in [6.07, 6.45) is 1.28. The molecule has 6 nitrogen and oxygen atoms in total. The molecule has 3 aliphatic rings. The van der Waals surface area contributed by atoms with Gasteiger partial charge in [-0.05, 0) is 12.3 Å². The van der Waals surface area contributed by atoms with Crippen molar-refractivity contribution >= 4 is 11.9 Å². The van der Waals surface area contributed by atoms with E-state index in [-0.39, 0.29) is 11.8 Å². The van der Waals surface area contributed by atoms with Gasteiger partial charge in [-0.1, -0.05) is 0 Å². The lowest BCUT2D eigenvalue weighted by Gasteiger charge is -2.33. The molecule has 1 aliphatic heterocycles. The molecule has 0 aromatic heterocycles. The lowest BCUT2D eigenvalue weighted by Crippen LogP contribution is -2.40. The van der Waals surface area contributed by atoms with Crippen molar-refractivity contribution in [1.29, 1.82) is 0 Å². The Morgan fingerprint density at radius 2 is 1.68 bits per heavy atom. The monoisotopic (exact) mass is 268 g/mol. The SMILES string of the molecule is COC(=O)C1=C(C(=O)OC)[C@H]2C[C@@H]1CC21OCCO1. The van der Waals surface area contributed by atoms with Crippen molar-refractivity contribution in [2.75, 3.05) is 27.4 Å². The Labute approximate surface area is 110 Å². The van der Waals surface area contributed by atoms with Crippen molar-refractivity contribution in [3.63, 3.8) is 0 Å². The van der Waals surface area contributed by atoms with E-state index in [9.17, 15) is 9.59 Å². The van der Waals surface area contributed by atoms with Gasteiger partial charge in [-0.25, -0.2) is 9.59 Å². The van der Waals surface area contributed by atoms with E-state index in [1.807, 2.05) is 0 Å². The molecular formula is C13H16O6. The lowest BCUT2D eigenvalue weighted by molar-refractivity contribution is -0.180. The Morgan fingerprint density at radius 1 is 1.11 bits per heavy atom. The van der Waals surface area contributed by atoms with Gasteiger partial charge in [-0.3, -0.25) is 0 Å². The topological polar surface area (TPSA) is 71.1 Å². The molecule has 0 amide bonds. The van der Waals surface area contributed by atoms with Crippen molar-refractivity contribution < 1.29 is 28.5 Å². The van der Waals surface area contributed by atoms with Gasteiger partial charge in [0.25, 0.3) is 0 Å². The predicted molar refractivity (Wildman–Crippen MR) is 61.9 cm³/mol. The molecular weight excluding hydrogens is 252 g/mol. The summed E-state index contributed by atoms with van der Waals surface area (Å²) in [5.74, 6) is -1.98. The molecule has 1 saturated carbocycles. The van der Waals surface area contributed by atoms with E-state index >= 15 is 0 Å². The van der Waals surface area contributed by atoms with Crippen molar-refractivity contribution in [1.82, 2.24) is 0 Å². The minimum atomic E-state index is -0.744. The first kappa shape index (κ1) is 12.6. The van der Waals surface area contributed by atoms with Crippen LogP contribution in [0.15, 0.2) is 11.1 Å². The van der Waals surface area contributed by atoms with Crippen LogP contribution in [-0.2, 0) is 28.5 Å². The zero-order chi connectivity index (χ0) is 13.6. The fourth-order valence-electron chi connectivity index (χ4n) is 3.54. The molecule has 3 rings (SSSR count). The average molecular weight is 268 g/mol. The molecule has 0 aromatic carbocycles. The summed E-state index contributed by atoms with van der Waals surface area (Å²) in [6, 6.07) is 0. The highest BCUT2D eigenvalue weighted by Crippen LogP contribution is 2.57. The van der Waals surface area contributed by atoms with Gasteiger partial charge in [-0.15, -0.1) is 0 Å². The van der Waals surface area contributed by atoms with Crippen molar-refractivity contribution in [2.24, 2.45) is 11.8 Å². The predicted octanol–water partition coefficient (Wildman–Crippen LogP) is 0.412. The first-order valence-corrected chi connectivity index (χ1v) is 6.31. The number of ether oxygens (including phenoxy) is 4. The van der Waals surface area contributed by atoms with Crippen LogP contribution in [0, 0.1) is 11.8 Å². The van der Waals surface area contributed by atoms with Gasteiger partial charge >= 0.3 is 11.9 Å². The van der Waals surface area contributed by atoms with Gasteiger partial charge in [0.05, 0.1) is 38.6 Å². The Kier molecular flexibility index (Phi) is 2.87. The highest BCUT2D eigenvalue weighted by atomic mass is 16.7. The summed E-state index contributed by atoms with van der Waals surface area (Å²) in [7, 11) is 2.62. The molecule has 6 heteroatoms. The van der Waals surface area contributed by atoms with Crippen molar-refractivity contribution in [2.45, 2.75) is 18.6 Å². The maximum absolute atomic E-state index is 12.0. The molecule has 0 radical (unpaired) electrons. The summed E-state index contributed by atoms with van der Waals surface area (Å²) in [5.41, 5.74) is 0.802. The van der Waals surface area contributed by atoms with Gasteiger partial charge < -0.3 is 18.9 Å². The van der Waals surface area contributed by atoms with Crippen LogP contribution in [0.2, 0.25) is 0 Å². The Bertz CT molecular complexity index is 460. The second-order valence-electron chi connectivity index (χ2n) is 5.01. The van der Waals surface area contributed by atoms with Crippen molar-refractivity contribution in [3.8, 4) is 0 Å². The molecule has 2 fully saturated rings. The standard InChI is InChI=1S/C13H16O6/c1-16-11(14)9-7-5-8(10(9)12(15)17-2)13(6-7)18-3-4-19-13/h7-8H,3-6H2,1-2H3/t7-,8-/m1/s1. The number of hydrogen-bond acceptors (Lipinski definition) is 6. The number of rotatable bonds is 2. The molecule has 0 N–H and O–H groups in total. The van der Waals surface area contributed by atoms with Crippen LogP contribution in [0.1, 0.15) is 12.8 Å². The van der Waals surface area contributed by atoms with E-state index in [2.05, 4.69) is 0 Å². The van der Waals surface area contributed by atoms with Gasteiger partial charge in [0.2, 0.25) is 0 Å². The van der Waals surface area contributed by atoms with Crippen LogP contribution in [0.3, 0.4) is 0 Å². The molecule has 1 heterocycles. The minimum Gasteiger partial charge on any atom is -0.466 e. The minimum absolute atomic E-state index is 0.0513. The summed E-state index contributed by atoms with van der Waals surface area (Å²) in [4.78, 5) is 23.8. The lowest BCUT2D eigenvalue weighted by atomic mass is 9.87. The first-order chi connectivity index (χ1) is 9.13. The van der Waals surface area contributed by atoms with E-state index in [4.69, 9.17) is 18.9 Å². The van der Waals surface area contributed by atoms with Crippen LogP contribution in [0.4, 0.5) is 0 Å². The second-order valence-corrected chi connectivity index (χ2v) is 5.01. The van der Waals surface area contributed by atoms with Crippen LogP contribution in [0.5, 0.6) is 0 Å². The summed E-state index contributed by atoms with van der Waals surface area (Å²) < 4.78 is 21.0. The summed E-state index contributed by atoms with van der Waals surface area (Å²) in [6.45, 7) is 1.04. The van der Waals surface area contributed by atoms with E-state index < -0.39 is 17.7 Å². The van der Waals surface area contributed by atoms with Crippen LogP contribution >= 0.6 is 0 Å². The summed E-state index contributed by atoms with van der Waals surface area (Å²) in [5, 5.41) is 0. The molecule has 0 aromatic rings. The summed E-state index contributed by atoms with van der Waals surface area (Å²) >= 11 is 0. The molecule has 2 atom stereocenters. The first-order valence-electron chi connectivity index (χ1n) is 6.31. The zero-order valence-electron chi connectivity index (χ0n) is 10.9. The van der Waals surface area contributed by atoms with Crippen LogP contribution in [-0.4, -0.2) is 45.2 Å². The highest BCUT2D eigenvalue weighted by molar-refractivity contribution is 6.02. The second kappa shape index (κ2) is 4.31. The van der Waals surface area contributed by atoms with Gasteiger partial charge in [0.1, 0.15) is 0 Å². The molecule has 19 heavy (non-hydrogen) atoms. The van der Waals surface area contributed by atoms with E-state index in [1.165, 1.54) is 14.2 Å². The molecule has 0 unspecified atom stereocenters. The third kappa shape index (κ3) is 1.63. The fourth-order valence-corrected chi connectivity index (χ4v) is 3.54.